The maximum atomic E-state index is 14.1. The van der Waals surface area contributed by atoms with Gasteiger partial charge in [0, 0.05) is 13.3 Å². The van der Waals surface area contributed by atoms with Crippen LogP contribution in [0.1, 0.15) is 113 Å². The fourth-order valence-electron chi connectivity index (χ4n) is 6.57. The molecule has 1 saturated heterocycles. The van der Waals surface area contributed by atoms with Gasteiger partial charge in [-0.1, -0.05) is 84.0 Å². The lowest BCUT2D eigenvalue weighted by atomic mass is 9.96. The molecule has 16 heteroatoms. The molecule has 6 atom stereocenters. The fraction of sp³-hybridized carbons (Fsp3) is 0.622. The first kappa shape index (κ1) is 42.4. The summed E-state index contributed by atoms with van der Waals surface area (Å²) in [6.45, 7) is 1.15. The Balaban J connectivity index is 1.33. The van der Waals surface area contributed by atoms with Crippen LogP contribution in [0.2, 0.25) is 0 Å². The van der Waals surface area contributed by atoms with Gasteiger partial charge >= 0.3 is 7.82 Å². The molecule has 1 aliphatic rings. The second-order valence-corrected chi connectivity index (χ2v) is 15.1. The van der Waals surface area contributed by atoms with Gasteiger partial charge in [0.25, 0.3) is 0 Å². The van der Waals surface area contributed by atoms with E-state index in [2.05, 4.69) is 22.0 Å². The lowest BCUT2D eigenvalue weighted by Gasteiger charge is -2.28. The van der Waals surface area contributed by atoms with E-state index in [0.29, 0.717) is 23.2 Å². The topological polar surface area (TPSA) is 207 Å². The number of nitrogen functional groups attached to an aromatic ring is 1. The number of aliphatic hydroxyl groups excluding tert-OH is 2. The van der Waals surface area contributed by atoms with E-state index in [-0.39, 0.29) is 24.6 Å². The van der Waals surface area contributed by atoms with E-state index in [0.717, 1.165) is 31.7 Å². The number of unbranched alkanes of at least 4 members (excludes halogenated alkanes) is 11. The number of fused-ring (bicyclic) bond motifs is 1. The van der Waals surface area contributed by atoms with Crippen molar-refractivity contribution in [3.8, 4) is 6.07 Å². The summed E-state index contributed by atoms with van der Waals surface area (Å²) in [6.07, 6.45) is 12.1. The fourth-order valence-corrected chi connectivity index (χ4v) is 7.37. The minimum Gasteiger partial charge on any atom is -0.387 e. The van der Waals surface area contributed by atoms with Crippen molar-refractivity contribution in [3.63, 3.8) is 0 Å². The zero-order valence-electron chi connectivity index (χ0n) is 30.7. The Morgan fingerprint density at radius 2 is 1.77 bits per heavy atom. The Bertz CT molecular complexity index is 1710. The van der Waals surface area contributed by atoms with Crippen LogP contribution in [0.3, 0.4) is 0 Å². The predicted octanol–water partition coefficient (Wildman–Crippen LogP) is 6.36. The van der Waals surface area contributed by atoms with Gasteiger partial charge in [-0.25, -0.2) is 18.5 Å². The van der Waals surface area contributed by atoms with Crippen LogP contribution in [0.4, 0.5) is 10.2 Å². The molecule has 0 saturated carbocycles. The van der Waals surface area contributed by atoms with Crippen molar-refractivity contribution in [3.05, 3.63) is 59.3 Å². The minimum atomic E-state index is -4.78. The molecule has 292 valence electrons. The third-order valence-electron chi connectivity index (χ3n) is 9.46. The maximum absolute atomic E-state index is 14.1. The van der Waals surface area contributed by atoms with E-state index in [1.54, 1.807) is 12.1 Å². The number of hydrogen-bond donors (Lipinski definition) is 4. The highest BCUT2D eigenvalue weighted by Crippen LogP contribution is 2.47. The number of aliphatic imine (C=N–C) groups is 1. The molecule has 1 fully saturated rings. The number of aliphatic hydroxyl groups is 2. The average Bonchev–Trinajstić information content (AvgIpc) is 3.68. The number of benzene rings is 1. The predicted molar refractivity (Wildman–Crippen MR) is 198 cm³/mol. The molecular weight excluding hydrogens is 706 g/mol. The number of aromatic nitrogens is 3. The monoisotopic (exact) mass is 760 g/mol. The molecule has 0 spiro atoms. The SMILES string of the molecule is CCCCCCCCCCCCCC[C@@H](COP(=O)(O)OC[C@@]1(C=NC)O[C@@H](c2ccc3c(N)ncnn23)[C@H](O)[C@@H]1O)OCc1cc(F)cc(C#N)c1. The number of hydrogen-bond acceptors (Lipinski definition) is 12. The van der Waals surface area contributed by atoms with E-state index in [4.69, 9.17) is 24.3 Å². The number of nitrogens with two attached hydrogens (primary N) is 1. The molecule has 1 aliphatic heterocycles. The van der Waals surface area contributed by atoms with Gasteiger partial charge in [0.15, 0.2) is 11.4 Å². The average molecular weight is 761 g/mol. The summed E-state index contributed by atoms with van der Waals surface area (Å²) in [4.78, 5) is 18.6. The molecule has 3 heterocycles. The minimum absolute atomic E-state index is 0.0459. The van der Waals surface area contributed by atoms with Gasteiger partial charge in [-0.2, -0.15) is 10.4 Å². The van der Waals surface area contributed by atoms with E-state index in [1.165, 1.54) is 87.6 Å². The maximum Gasteiger partial charge on any atom is 0.472 e. The van der Waals surface area contributed by atoms with Crippen LogP contribution in [0.15, 0.2) is 41.7 Å². The highest BCUT2D eigenvalue weighted by Gasteiger charge is 2.55. The lowest BCUT2D eigenvalue weighted by molar-refractivity contribution is -0.0655. The number of halogens is 1. The molecule has 0 radical (unpaired) electrons. The van der Waals surface area contributed by atoms with Crippen molar-refractivity contribution in [1.82, 2.24) is 14.6 Å². The molecule has 1 aromatic carbocycles. The molecule has 53 heavy (non-hydrogen) atoms. The first-order valence-corrected chi connectivity index (χ1v) is 20.0. The standard InChI is InChI=1S/C37H54FN6O8P/c1-3-4-5-6-7-8-9-10-11-12-13-14-15-30(49-22-28-18-27(21-39)19-29(38)20-28)23-50-53(47,48)51-25-37(24-41-2)35(46)33(45)34(52-37)31-16-17-32-36(40)42-26-43-44(31)32/h16-20,24,26,30,33-35,45-46H,3-15,22-23,25H2,1-2H3,(H,47,48)(H2,40,42,43)/t30-,33-,34-,35-,37+/m0/s1. The molecule has 0 amide bonds. The van der Waals surface area contributed by atoms with Crippen LogP contribution in [-0.2, 0) is 29.7 Å². The van der Waals surface area contributed by atoms with Gasteiger partial charge in [0.1, 0.15) is 36.0 Å². The van der Waals surface area contributed by atoms with Crippen LogP contribution in [-0.4, -0.2) is 80.1 Å². The zero-order chi connectivity index (χ0) is 38.3. The number of phosphoric acid groups is 1. The van der Waals surface area contributed by atoms with Crippen LogP contribution in [0, 0.1) is 17.1 Å². The van der Waals surface area contributed by atoms with Crippen molar-refractivity contribution in [2.24, 2.45) is 4.99 Å². The summed E-state index contributed by atoms with van der Waals surface area (Å²) < 4.78 is 51.5. The summed E-state index contributed by atoms with van der Waals surface area (Å²) in [7, 11) is -3.36. The third-order valence-corrected chi connectivity index (χ3v) is 10.4. The first-order chi connectivity index (χ1) is 25.5. The molecule has 0 aliphatic carbocycles. The summed E-state index contributed by atoms with van der Waals surface area (Å²) >= 11 is 0. The molecule has 14 nitrogen and oxygen atoms in total. The number of ether oxygens (including phenoxy) is 2. The number of phosphoric ester groups is 1. The van der Waals surface area contributed by atoms with Gasteiger partial charge in [-0.15, -0.1) is 0 Å². The highest BCUT2D eigenvalue weighted by molar-refractivity contribution is 7.47. The normalized spacial score (nSPS) is 22.0. The Hall–Kier alpha value is -3.32. The van der Waals surface area contributed by atoms with Crippen molar-refractivity contribution >= 4 is 25.4 Å². The van der Waals surface area contributed by atoms with Gasteiger partial charge in [-0.3, -0.25) is 14.0 Å². The number of anilines is 1. The number of nitriles is 1. The van der Waals surface area contributed by atoms with Crippen molar-refractivity contribution in [1.29, 1.82) is 5.26 Å². The molecule has 2 aromatic heterocycles. The number of nitrogens with zero attached hydrogens (tertiary/aromatic N) is 5. The van der Waals surface area contributed by atoms with Crippen LogP contribution < -0.4 is 5.73 Å². The molecule has 3 aromatic rings. The van der Waals surface area contributed by atoms with Crippen molar-refractivity contribution in [2.45, 2.75) is 127 Å². The summed E-state index contributed by atoms with van der Waals surface area (Å²) in [5, 5.41) is 35.6. The molecule has 1 unspecified atom stereocenters. The Morgan fingerprint density at radius 1 is 1.09 bits per heavy atom. The Kier molecular flexibility index (Phi) is 16.8. The van der Waals surface area contributed by atoms with Crippen LogP contribution in [0.25, 0.3) is 5.52 Å². The van der Waals surface area contributed by atoms with E-state index in [9.17, 15) is 29.3 Å². The lowest BCUT2D eigenvalue weighted by Crippen LogP contribution is -2.48. The summed E-state index contributed by atoms with van der Waals surface area (Å²) in [6, 6.07) is 9.09. The summed E-state index contributed by atoms with van der Waals surface area (Å²) in [5.74, 6) is -0.369. The number of rotatable bonds is 24. The van der Waals surface area contributed by atoms with Crippen LogP contribution >= 0.6 is 7.82 Å². The van der Waals surface area contributed by atoms with Gasteiger partial charge in [0.2, 0.25) is 0 Å². The van der Waals surface area contributed by atoms with Crippen molar-refractivity contribution < 1.29 is 42.6 Å². The zero-order valence-corrected chi connectivity index (χ0v) is 31.6. The van der Waals surface area contributed by atoms with E-state index >= 15 is 0 Å². The van der Waals surface area contributed by atoms with Gasteiger partial charge in [-0.05, 0) is 42.3 Å². The molecular formula is C37H54FN6O8P. The van der Waals surface area contributed by atoms with Gasteiger partial charge < -0.3 is 30.3 Å². The second kappa shape index (κ2) is 21.0. The molecule has 5 N–H and O–H groups in total. The van der Waals surface area contributed by atoms with Crippen molar-refractivity contribution in [2.75, 3.05) is 26.0 Å². The Morgan fingerprint density at radius 3 is 2.43 bits per heavy atom. The Labute approximate surface area is 310 Å². The molecule has 4 rings (SSSR count). The smallest absolute Gasteiger partial charge is 0.387 e. The van der Waals surface area contributed by atoms with Gasteiger partial charge in [0.05, 0.1) is 43.3 Å². The summed E-state index contributed by atoms with van der Waals surface area (Å²) in [5.41, 5.74) is 5.52. The van der Waals surface area contributed by atoms with E-state index < -0.39 is 50.3 Å². The third kappa shape index (κ3) is 12.3. The molecule has 0 bridgehead atoms. The van der Waals surface area contributed by atoms with Crippen LogP contribution in [0.5, 0.6) is 0 Å². The largest absolute Gasteiger partial charge is 0.472 e. The highest BCUT2D eigenvalue weighted by atomic mass is 31.2. The van der Waals surface area contributed by atoms with E-state index in [1.807, 2.05) is 6.07 Å². The first-order valence-electron chi connectivity index (χ1n) is 18.5. The second-order valence-electron chi connectivity index (χ2n) is 13.6. The quantitative estimate of drug-likeness (QED) is 0.0447.